The fraction of sp³-hybridized carbons (Fsp3) is 0.200. The summed E-state index contributed by atoms with van der Waals surface area (Å²) in [6.45, 7) is 3.68. The molecule has 0 unspecified atom stereocenters. The number of esters is 1. The molecule has 3 heteroatoms. The topological polar surface area (TPSA) is 43.4 Å². The van der Waals surface area contributed by atoms with Crippen LogP contribution in [0.5, 0.6) is 5.75 Å². The summed E-state index contributed by atoms with van der Waals surface area (Å²) in [4.78, 5) is 22.7. The second-order valence-electron chi connectivity index (χ2n) is 5.05. The van der Waals surface area contributed by atoms with Gasteiger partial charge in [-0.05, 0) is 36.8 Å². The van der Waals surface area contributed by atoms with Crippen molar-refractivity contribution in [1.82, 2.24) is 0 Å². The highest BCUT2D eigenvalue weighted by Crippen LogP contribution is 2.43. The molecule has 0 aromatic heterocycles. The van der Waals surface area contributed by atoms with E-state index in [1.807, 2.05) is 38.1 Å². The van der Waals surface area contributed by atoms with Crippen LogP contribution in [-0.4, -0.2) is 12.3 Å². The maximum Gasteiger partial charge on any atom is 0.321 e. The molecule has 18 heavy (non-hydrogen) atoms. The van der Waals surface area contributed by atoms with Gasteiger partial charge < -0.3 is 4.74 Å². The van der Waals surface area contributed by atoms with Crippen LogP contribution in [0.2, 0.25) is 0 Å². The zero-order chi connectivity index (χ0) is 12.9. The van der Waals surface area contributed by atoms with E-state index in [-0.39, 0.29) is 5.97 Å². The van der Waals surface area contributed by atoms with Gasteiger partial charge in [0, 0.05) is 11.1 Å². The monoisotopic (exact) mass is 240 g/mol. The molecule has 0 bridgehead atoms. The van der Waals surface area contributed by atoms with Crippen molar-refractivity contribution >= 4 is 23.0 Å². The zero-order valence-electron chi connectivity index (χ0n) is 10.2. The van der Waals surface area contributed by atoms with Crippen LogP contribution in [-0.2, 0) is 10.2 Å². The van der Waals surface area contributed by atoms with Gasteiger partial charge in [0.25, 0.3) is 0 Å². The number of carbonyl (C=O) groups excluding carboxylic acids is 2. The summed E-state index contributed by atoms with van der Waals surface area (Å²) in [5.41, 5.74) is 0.802. The molecule has 3 rings (SSSR count). The van der Waals surface area contributed by atoms with Crippen LogP contribution >= 0.6 is 0 Å². The Morgan fingerprint density at radius 2 is 1.89 bits per heavy atom. The molecule has 0 fully saturated rings. The second kappa shape index (κ2) is 3.42. The lowest BCUT2D eigenvalue weighted by Crippen LogP contribution is -2.26. The van der Waals surface area contributed by atoms with E-state index in [9.17, 15) is 9.59 Å². The standard InChI is InChI=1S/C15H12O3/c1-15(2)13-11-7-9(8-16)3-4-10(11)5-6-12(13)18-14(15)17/h3-8H,1-2H3. The summed E-state index contributed by atoms with van der Waals surface area (Å²) < 4.78 is 5.28. The van der Waals surface area contributed by atoms with Crippen LogP contribution in [0.25, 0.3) is 10.8 Å². The first-order valence-corrected chi connectivity index (χ1v) is 5.79. The van der Waals surface area contributed by atoms with Crippen LogP contribution in [0.15, 0.2) is 30.3 Å². The molecule has 0 N–H and O–H groups in total. The lowest BCUT2D eigenvalue weighted by molar-refractivity contribution is -0.137. The smallest absolute Gasteiger partial charge is 0.321 e. The molecule has 0 saturated heterocycles. The lowest BCUT2D eigenvalue weighted by Gasteiger charge is -2.15. The molecule has 2 aromatic carbocycles. The van der Waals surface area contributed by atoms with Crippen molar-refractivity contribution in [3.05, 3.63) is 41.5 Å². The van der Waals surface area contributed by atoms with E-state index in [1.165, 1.54) is 0 Å². The molecule has 0 spiro atoms. The number of aldehydes is 1. The Balaban J connectivity index is 2.42. The molecule has 0 radical (unpaired) electrons. The number of ether oxygens (including phenoxy) is 1. The Hall–Kier alpha value is -2.16. The van der Waals surface area contributed by atoms with E-state index in [0.29, 0.717) is 11.3 Å². The molecule has 1 aliphatic heterocycles. The van der Waals surface area contributed by atoms with Crippen molar-refractivity contribution < 1.29 is 14.3 Å². The van der Waals surface area contributed by atoms with Crippen LogP contribution in [0.3, 0.4) is 0 Å². The third kappa shape index (κ3) is 1.30. The maximum absolute atomic E-state index is 11.9. The first-order valence-electron chi connectivity index (χ1n) is 5.79. The highest BCUT2D eigenvalue weighted by molar-refractivity contribution is 6.01. The highest BCUT2D eigenvalue weighted by atomic mass is 16.5. The van der Waals surface area contributed by atoms with E-state index < -0.39 is 5.41 Å². The van der Waals surface area contributed by atoms with Crippen molar-refractivity contribution in [2.45, 2.75) is 19.3 Å². The van der Waals surface area contributed by atoms with Gasteiger partial charge in [0.1, 0.15) is 12.0 Å². The normalized spacial score (nSPS) is 16.4. The Bertz CT molecular complexity index is 683. The fourth-order valence-corrected chi connectivity index (χ4v) is 2.45. The third-order valence-corrected chi connectivity index (χ3v) is 3.48. The first-order chi connectivity index (χ1) is 8.54. The summed E-state index contributed by atoms with van der Waals surface area (Å²) in [7, 11) is 0. The van der Waals surface area contributed by atoms with E-state index in [1.54, 1.807) is 6.07 Å². The number of hydrogen-bond donors (Lipinski definition) is 0. The SMILES string of the molecule is CC1(C)C(=O)Oc2ccc3ccc(C=O)cc3c21. The molecule has 2 aromatic rings. The first kappa shape index (κ1) is 11.0. The molecular formula is C15H12O3. The van der Waals surface area contributed by atoms with Gasteiger partial charge in [0.15, 0.2) is 0 Å². The number of carbonyl (C=O) groups is 2. The van der Waals surface area contributed by atoms with Gasteiger partial charge in [-0.25, -0.2) is 0 Å². The molecule has 90 valence electrons. The highest BCUT2D eigenvalue weighted by Gasteiger charge is 2.42. The minimum Gasteiger partial charge on any atom is -0.426 e. The molecule has 0 atom stereocenters. The minimum absolute atomic E-state index is 0.249. The molecule has 1 heterocycles. The zero-order valence-corrected chi connectivity index (χ0v) is 10.2. The van der Waals surface area contributed by atoms with Gasteiger partial charge in [-0.3, -0.25) is 9.59 Å². The van der Waals surface area contributed by atoms with Crippen LogP contribution in [0.1, 0.15) is 29.8 Å². The van der Waals surface area contributed by atoms with E-state index in [4.69, 9.17) is 4.74 Å². The summed E-state index contributed by atoms with van der Waals surface area (Å²) in [6, 6.07) is 9.18. The average molecular weight is 240 g/mol. The van der Waals surface area contributed by atoms with E-state index >= 15 is 0 Å². The summed E-state index contributed by atoms with van der Waals surface area (Å²) in [5, 5.41) is 1.92. The predicted octanol–water partition coefficient (Wildman–Crippen LogP) is 2.85. The van der Waals surface area contributed by atoms with Crippen molar-refractivity contribution in [3.63, 3.8) is 0 Å². The maximum atomic E-state index is 11.9. The van der Waals surface area contributed by atoms with Crippen LogP contribution in [0, 0.1) is 0 Å². The van der Waals surface area contributed by atoms with Gasteiger partial charge in [-0.1, -0.05) is 18.2 Å². The van der Waals surface area contributed by atoms with Crippen LogP contribution < -0.4 is 4.74 Å². The average Bonchev–Trinajstić information content (AvgIpc) is 2.59. The van der Waals surface area contributed by atoms with Gasteiger partial charge in [0.05, 0.1) is 5.41 Å². The van der Waals surface area contributed by atoms with E-state index in [0.717, 1.165) is 22.6 Å². The van der Waals surface area contributed by atoms with E-state index in [2.05, 4.69) is 0 Å². The molecule has 3 nitrogen and oxygen atoms in total. The summed E-state index contributed by atoms with van der Waals surface area (Å²) in [5.74, 6) is 0.349. The van der Waals surface area contributed by atoms with Crippen molar-refractivity contribution in [2.24, 2.45) is 0 Å². The molecule has 0 saturated carbocycles. The Kier molecular flexibility index (Phi) is 2.08. The molecule has 1 aliphatic rings. The quantitative estimate of drug-likeness (QED) is 0.437. The summed E-state index contributed by atoms with van der Waals surface area (Å²) >= 11 is 0. The lowest BCUT2D eigenvalue weighted by atomic mass is 9.83. The van der Waals surface area contributed by atoms with Crippen molar-refractivity contribution in [3.8, 4) is 5.75 Å². The van der Waals surface area contributed by atoms with Gasteiger partial charge >= 0.3 is 5.97 Å². The summed E-state index contributed by atoms with van der Waals surface area (Å²) in [6.07, 6.45) is 0.809. The fourth-order valence-electron chi connectivity index (χ4n) is 2.45. The largest absolute Gasteiger partial charge is 0.426 e. The Labute approximate surface area is 104 Å². The Morgan fingerprint density at radius 3 is 2.61 bits per heavy atom. The van der Waals surface area contributed by atoms with Gasteiger partial charge in [-0.2, -0.15) is 0 Å². The number of rotatable bonds is 1. The predicted molar refractivity (Wildman–Crippen MR) is 68.0 cm³/mol. The number of hydrogen-bond acceptors (Lipinski definition) is 3. The number of fused-ring (bicyclic) bond motifs is 3. The second-order valence-corrected chi connectivity index (χ2v) is 5.05. The molecule has 0 amide bonds. The van der Waals surface area contributed by atoms with Crippen molar-refractivity contribution in [2.75, 3.05) is 0 Å². The van der Waals surface area contributed by atoms with Gasteiger partial charge in [0.2, 0.25) is 0 Å². The van der Waals surface area contributed by atoms with Crippen molar-refractivity contribution in [1.29, 1.82) is 0 Å². The minimum atomic E-state index is -0.670. The number of benzene rings is 2. The third-order valence-electron chi connectivity index (χ3n) is 3.48. The molecule has 0 aliphatic carbocycles. The Morgan fingerprint density at radius 1 is 1.17 bits per heavy atom. The molecular weight excluding hydrogens is 228 g/mol. The van der Waals surface area contributed by atoms with Gasteiger partial charge in [-0.15, -0.1) is 0 Å². The van der Waals surface area contributed by atoms with Crippen LogP contribution in [0.4, 0.5) is 0 Å².